The van der Waals surface area contributed by atoms with Gasteiger partial charge in [-0.05, 0) is 114 Å². The normalized spacial score (nSPS) is 11.8. The number of anilines is 2. The highest BCUT2D eigenvalue weighted by atomic mass is 33.1. The summed E-state index contributed by atoms with van der Waals surface area (Å²) in [5, 5.41) is 0. The molecule has 6 nitrogen and oxygen atoms in total. The standard InChI is InChI=1S/C44H62N6S2/c1-7-49-33-11-9-15-43(49)27-21-39-17-23-41(24-18-39)47(5)31-13-29-45(3)35-37-51-52-38-36-46(4)30-14-32-48(6)42-25-19-40(20-26-42)22-28-44-16-10-12-34-50(44)8-2/h9-12,15-28,33-34H,7-8,13-14,29-32,35-38H2,1-6H3/q+2. The molecule has 2 aromatic heterocycles. The Labute approximate surface area is 323 Å². The van der Waals surface area contributed by atoms with Gasteiger partial charge in [0.25, 0.3) is 0 Å². The van der Waals surface area contributed by atoms with Gasteiger partial charge >= 0.3 is 0 Å². The summed E-state index contributed by atoms with van der Waals surface area (Å²) in [6.07, 6.45) is 15.4. The van der Waals surface area contributed by atoms with Crippen LogP contribution < -0.4 is 18.9 Å². The molecule has 4 aromatic rings. The van der Waals surface area contributed by atoms with Crippen molar-refractivity contribution in [2.45, 2.75) is 39.8 Å². The third-order valence-electron chi connectivity index (χ3n) is 9.46. The van der Waals surface area contributed by atoms with E-state index in [2.05, 4.69) is 192 Å². The number of hydrogen-bond acceptors (Lipinski definition) is 6. The lowest BCUT2D eigenvalue weighted by Crippen LogP contribution is -2.34. The van der Waals surface area contributed by atoms with Gasteiger partial charge in [-0.3, -0.25) is 0 Å². The summed E-state index contributed by atoms with van der Waals surface area (Å²) in [7, 11) is 12.9. The minimum atomic E-state index is 0.973. The van der Waals surface area contributed by atoms with E-state index in [1.165, 1.54) is 45.4 Å². The minimum Gasteiger partial charge on any atom is -0.375 e. The zero-order valence-corrected chi connectivity index (χ0v) is 34.2. The fraction of sp³-hybridized carbons (Fsp3) is 0.409. The van der Waals surface area contributed by atoms with Gasteiger partial charge in [-0.2, -0.15) is 9.13 Å². The van der Waals surface area contributed by atoms with Gasteiger partial charge in [0, 0.05) is 99.6 Å². The Hall–Kier alpha value is -3.56. The highest BCUT2D eigenvalue weighted by Crippen LogP contribution is 2.21. The van der Waals surface area contributed by atoms with Crippen LogP contribution in [0.2, 0.25) is 0 Å². The Morgan fingerprint density at radius 2 is 0.885 bits per heavy atom. The quantitative estimate of drug-likeness (QED) is 0.0431. The van der Waals surface area contributed by atoms with Crippen molar-refractivity contribution < 1.29 is 9.13 Å². The number of aryl methyl sites for hydroxylation is 2. The first-order chi connectivity index (χ1) is 25.4. The molecule has 2 heterocycles. The summed E-state index contributed by atoms with van der Waals surface area (Å²) < 4.78 is 4.51. The third kappa shape index (κ3) is 14.5. The molecule has 0 saturated carbocycles. The maximum atomic E-state index is 2.47. The topological polar surface area (TPSA) is 20.7 Å². The van der Waals surface area contributed by atoms with E-state index in [0.29, 0.717) is 0 Å². The van der Waals surface area contributed by atoms with Gasteiger partial charge in [0.05, 0.1) is 0 Å². The summed E-state index contributed by atoms with van der Waals surface area (Å²) in [5.41, 5.74) is 7.45. The summed E-state index contributed by atoms with van der Waals surface area (Å²) >= 11 is 0. The summed E-state index contributed by atoms with van der Waals surface area (Å²) in [5.74, 6) is 2.34. The van der Waals surface area contributed by atoms with Crippen molar-refractivity contribution in [2.75, 3.05) is 88.8 Å². The van der Waals surface area contributed by atoms with Crippen LogP contribution in [-0.2, 0) is 13.1 Å². The zero-order valence-electron chi connectivity index (χ0n) is 32.5. The van der Waals surface area contributed by atoms with Crippen LogP contribution in [0, 0.1) is 0 Å². The monoisotopic (exact) mass is 738 g/mol. The molecule has 0 saturated heterocycles. The molecule has 0 aliphatic carbocycles. The summed E-state index contributed by atoms with van der Waals surface area (Å²) in [6, 6.07) is 30.5. The van der Waals surface area contributed by atoms with Crippen molar-refractivity contribution in [3.63, 3.8) is 0 Å². The van der Waals surface area contributed by atoms with Crippen LogP contribution in [0.1, 0.15) is 49.2 Å². The maximum absolute atomic E-state index is 2.47. The van der Waals surface area contributed by atoms with E-state index in [1.54, 1.807) is 0 Å². The number of nitrogens with zero attached hydrogens (tertiary/aromatic N) is 6. The molecule has 4 rings (SSSR count). The van der Waals surface area contributed by atoms with Crippen molar-refractivity contribution >= 4 is 57.3 Å². The van der Waals surface area contributed by atoms with E-state index in [-0.39, 0.29) is 0 Å². The Morgan fingerprint density at radius 1 is 0.481 bits per heavy atom. The van der Waals surface area contributed by atoms with Crippen molar-refractivity contribution in [3.8, 4) is 0 Å². The first-order valence-corrected chi connectivity index (χ1v) is 21.4. The number of hydrogen-bond donors (Lipinski definition) is 0. The van der Waals surface area contributed by atoms with Crippen molar-refractivity contribution in [3.05, 3.63) is 120 Å². The Morgan fingerprint density at radius 3 is 1.27 bits per heavy atom. The second kappa shape index (κ2) is 23.2. The molecule has 0 atom stereocenters. The van der Waals surface area contributed by atoms with Crippen LogP contribution in [0.15, 0.2) is 97.3 Å². The molecule has 0 bridgehead atoms. The van der Waals surface area contributed by atoms with Crippen LogP contribution in [0.3, 0.4) is 0 Å². The highest BCUT2D eigenvalue weighted by molar-refractivity contribution is 8.76. The molecule has 52 heavy (non-hydrogen) atoms. The average Bonchev–Trinajstić information content (AvgIpc) is 3.18. The molecule has 0 unspecified atom stereocenters. The third-order valence-corrected chi connectivity index (χ3v) is 11.8. The largest absolute Gasteiger partial charge is 0.375 e. The molecule has 8 heteroatoms. The molecular weight excluding hydrogens is 677 g/mol. The van der Waals surface area contributed by atoms with Crippen molar-refractivity contribution in [2.24, 2.45) is 0 Å². The molecule has 0 aliphatic heterocycles. The van der Waals surface area contributed by atoms with Gasteiger partial charge in [0.15, 0.2) is 12.4 Å². The molecule has 0 aliphatic rings. The van der Waals surface area contributed by atoms with Gasteiger partial charge < -0.3 is 19.6 Å². The smallest absolute Gasteiger partial charge is 0.205 e. The molecule has 0 spiro atoms. The molecular formula is C44H62N6S2+2. The predicted octanol–water partition coefficient (Wildman–Crippen LogP) is 8.24. The second-order valence-electron chi connectivity index (χ2n) is 13.5. The first kappa shape index (κ1) is 41.2. The predicted molar refractivity (Wildman–Crippen MR) is 231 cm³/mol. The van der Waals surface area contributed by atoms with E-state index in [9.17, 15) is 0 Å². The van der Waals surface area contributed by atoms with Gasteiger partial charge in [-0.15, -0.1) is 0 Å². The Bertz CT molecular complexity index is 1520. The minimum absolute atomic E-state index is 0.973. The molecule has 0 amide bonds. The van der Waals surface area contributed by atoms with Crippen LogP contribution in [0.4, 0.5) is 11.4 Å². The number of pyridine rings is 2. The van der Waals surface area contributed by atoms with Crippen LogP contribution in [0.25, 0.3) is 24.3 Å². The second-order valence-corrected chi connectivity index (χ2v) is 16.2. The zero-order chi connectivity index (χ0) is 37.0. The van der Waals surface area contributed by atoms with Gasteiger partial charge in [0.1, 0.15) is 13.1 Å². The fourth-order valence-electron chi connectivity index (χ4n) is 6.04. The molecule has 2 aromatic carbocycles. The average molecular weight is 739 g/mol. The van der Waals surface area contributed by atoms with Gasteiger partial charge in [-0.25, -0.2) is 0 Å². The van der Waals surface area contributed by atoms with Crippen molar-refractivity contribution in [1.29, 1.82) is 0 Å². The lowest BCUT2D eigenvalue weighted by Gasteiger charge is -2.22. The summed E-state index contributed by atoms with van der Waals surface area (Å²) in [4.78, 5) is 9.68. The van der Waals surface area contributed by atoms with E-state index in [1.807, 2.05) is 21.6 Å². The van der Waals surface area contributed by atoms with Gasteiger partial charge in [0.2, 0.25) is 11.4 Å². The molecule has 0 N–H and O–H groups in total. The van der Waals surface area contributed by atoms with E-state index in [4.69, 9.17) is 0 Å². The van der Waals surface area contributed by atoms with E-state index in [0.717, 1.165) is 65.2 Å². The van der Waals surface area contributed by atoms with Gasteiger partial charge in [-0.1, -0.05) is 45.9 Å². The molecule has 278 valence electrons. The fourth-order valence-corrected chi connectivity index (χ4v) is 8.20. The highest BCUT2D eigenvalue weighted by Gasteiger charge is 2.07. The first-order valence-electron chi connectivity index (χ1n) is 18.9. The van der Waals surface area contributed by atoms with Crippen LogP contribution in [-0.4, -0.2) is 88.8 Å². The number of rotatable bonds is 23. The molecule has 0 radical (unpaired) electrons. The van der Waals surface area contributed by atoms with Crippen LogP contribution in [0.5, 0.6) is 0 Å². The Balaban J connectivity index is 1.01. The SMILES string of the molecule is CC[n+]1ccccc1/C=C/c1ccc(N(C)CCCN(C)CCSSCCN(C)CCCN(C)c2ccc(/C=C/c3cccc[n+]3CC)cc2)cc1. The Kier molecular flexibility index (Phi) is 18.4. The summed E-state index contributed by atoms with van der Waals surface area (Å²) in [6.45, 7) is 12.9. The lowest BCUT2D eigenvalue weighted by atomic mass is 10.1. The van der Waals surface area contributed by atoms with Crippen molar-refractivity contribution in [1.82, 2.24) is 9.80 Å². The maximum Gasteiger partial charge on any atom is 0.205 e. The van der Waals surface area contributed by atoms with E-state index < -0.39 is 0 Å². The lowest BCUT2D eigenvalue weighted by molar-refractivity contribution is -0.695. The van der Waals surface area contributed by atoms with Crippen LogP contribution >= 0.6 is 21.6 Å². The number of benzene rings is 2. The number of aromatic nitrogens is 2. The van der Waals surface area contributed by atoms with E-state index >= 15 is 0 Å². The molecule has 0 fully saturated rings.